The van der Waals surface area contributed by atoms with Crippen molar-refractivity contribution in [1.82, 2.24) is 4.98 Å². The molecule has 4 aromatic rings. The fraction of sp³-hybridized carbons (Fsp3) is 0.192. The molecule has 0 bridgehead atoms. The van der Waals surface area contributed by atoms with Gasteiger partial charge in [0.15, 0.2) is 10.9 Å². The van der Waals surface area contributed by atoms with Gasteiger partial charge in [-0.15, -0.1) is 23.1 Å². The number of nitrogens with zero attached hydrogens (tertiary/aromatic N) is 2. The topological polar surface area (TPSA) is 68.7 Å². The number of ether oxygens (including phenoxy) is 2. The molecule has 0 atom stereocenters. The van der Waals surface area contributed by atoms with Crippen molar-refractivity contribution in [2.24, 2.45) is 0 Å². The lowest BCUT2D eigenvalue weighted by molar-refractivity contribution is 0.391. The zero-order chi connectivity index (χ0) is 26.4. The zero-order valence-electron chi connectivity index (χ0n) is 20.1. The van der Waals surface area contributed by atoms with Gasteiger partial charge >= 0.3 is 0 Å². The Hall–Kier alpha value is -2.79. The van der Waals surface area contributed by atoms with E-state index in [0.29, 0.717) is 27.7 Å². The minimum absolute atomic E-state index is 0.131. The molecule has 0 N–H and O–H groups in total. The molecule has 1 aromatic heterocycles. The van der Waals surface area contributed by atoms with Gasteiger partial charge in [0.05, 0.1) is 25.8 Å². The first-order valence-corrected chi connectivity index (χ1v) is 14.8. The molecule has 0 saturated carbocycles. The summed E-state index contributed by atoms with van der Waals surface area (Å²) in [4.78, 5) is 4.13. The molecule has 0 fully saturated rings. The van der Waals surface area contributed by atoms with Gasteiger partial charge in [-0.05, 0) is 36.2 Å². The number of sulfonamides is 1. The molecule has 3 aromatic carbocycles. The van der Waals surface area contributed by atoms with Crippen molar-refractivity contribution in [3.63, 3.8) is 0 Å². The molecule has 194 valence electrons. The van der Waals surface area contributed by atoms with Crippen LogP contribution in [0.4, 0.5) is 9.52 Å². The van der Waals surface area contributed by atoms with Crippen molar-refractivity contribution in [2.75, 3.05) is 24.3 Å². The number of methoxy groups -OCH3 is 2. The highest BCUT2D eigenvalue weighted by atomic mass is 35.5. The summed E-state index contributed by atoms with van der Waals surface area (Å²) in [6.45, 7) is -0.131. The average molecular weight is 579 g/mol. The highest BCUT2D eigenvalue weighted by Gasteiger charge is 2.32. The summed E-state index contributed by atoms with van der Waals surface area (Å²) < 4.78 is 54.7. The zero-order valence-corrected chi connectivity index (χ0v) is 23.3. The summed E-state index contributed by atoms with van der Waals surface area (Å²) in [5.41, 5.74) is 1.71. The molecule has 0 aliphatic carbocycles. The standard InChI is InChI=1S/C26H24ClFN2O4S3/c1-33-20-9-8-19(21(16-20)34-2)17-30(26-29-13-15-36-26)37(31,32)23-11-10-22(24(27)25(23)28)35-14-12-18-6-4-3-5-7-18/h3-11,13,15-16H,12,14,17H2,1-2H3. The Balaban J connectivity index is 1.63. The summed E-state index contributed by atoms with van der Waals surface area (Å²) in [7, 11) is -1.37. The minimum atomic E-state index is -4.37. The van der Waals surface area contributed by atoms with E-state index < -0.39 is 20.7 Å². The van der Waals surface area contributed by atoms with Crippen LogP contribution in [0.15, 0.2) is 82.0 Å². The fourth-order valence-corrected chi connectivity index (χ4v) is 7.26. The number of aromatic nitrogens is 1. The van der Waals surface area contributed by atoms with E-state index in [1.807, 2.05) is 30.3 Å². The number of hydrogen-bond acceptors (Lipinski definition) is 7. The van der Waals surface area contributed by atoms with Crippen LogP contribution in [-0.2, 0) is 23.0 Å². The lowest BCUT2D eigenvalue weighted by Crippen LogP contribution is -2.31. The number of aryl methyl sites for hydroxylation is 1. The van der Waals surface area contributed by atoms with E-state index in [1.165, 1.54) is 38.2 Å². The van der Waals surface area contributed by atoms with Crippen LogP contribution in [0.5, 0.6) is 11.5 Å². The highest BCUT2D eigenvalue weighted by Crippen LogP contribution is 2.37. The van der Waals surface area contributed by atoms with E-state index in [4.69, 9.17) is 21.1 Å². The molecule has 0 radical (unpaired) electrons. The molecule has 0 aliphatic heterocycles. The van der Waals surface area contributed by atoms with Crippen LogP contribution in [0.2, 0.25) is 5.02 Å². The second-order valence-electron chi connectivity index (χ2n) is 7.78. The van der Waals surface area contributed by atoms with Crippen LogP contribution < -0.4 is 13.8 Å². The second kappa shape index (κ2) is 12.2. The minimum Gasteiger partial charge on any atom is -0.497 e. The molecule has 6 nitrogen and oxygen atoms in total. The highest BCUT2D eigenvalue weighted by molar-refractivity contribution is 7.99. The molecule has 0 aliphatic rings. The number of thioether (sulfide) groups is 1. The number of rotatable bonds is 11. The Morgan fingerprint density at radius 3 is 2.54 bits per heavy atom. The maximum Gasteiger partial charge on any atom is 0.269 e. The summed E-state index contributed by atoms with van der Waals surface area (Å²) in [6, 6.07) is 17.8. The van der Waals surface area contributed by atoms with Gasteiger partial charge in [0.2, 0.25) is 0 Å². The predicted molar refractivity (Wildman–Crippen MR) is 147 cm³/mol. The van der Waals surface area contributed by atoms with E-state index in [2.05, 4.69) is 4.98 Å². The van der Waals surface area contributed by atoms with E-state index in [9.17, 15) is 8.42 Å². The first-order chi connectivity index (χ1) is 17.8. The third-order valence-electron chi connectivity index (χ3n) is 5.51. The Bertz CT molecular complexity index is 1450. The summed E-state index contributed by atoms with van der Waals surface area (Å²) in [6.07, 6.45) is 2.26. The van der Waals surface area contributed by atoms with Gasteiger partial charge in [-0.1, -0.05) is 41.9 Å². The van der Waals surface area contributed by atoms with Crippen molar-refractivity contribution < 1.29 is 22.3 Å². The van der Waals surface area contributed by atoms with Crippen LogP contribution in [0.25, 0.3) is 0 Å². The van der Waals surface area contributed by atoms with Crippen LogP contribution >= 0.6 is 34.7 Å². The molecule has 1 heterocycles. The molecule has 0 amide bonds. The van der Waals surface area contributed by atoms with Crippen LogP contribution in [0.1, 0.15) is 11.1 Å². The van der Waals surface area contributed by atoms with E-state index in [-0.39, 0.29) is 16.7 Å². The first-order valence-electron chi connectivity index (χ1n) is 11.1. The second-order valence-corrected chi connectivity index (χ2v) is 12.0. The quantitative estimate of drug-likeness (QED) is 0.185. The maximum atomic E-state index is 15.5. The number of benzene rings is 3. The van der Waals surface area contributed by atoms with Gasteiger partial charge in [0, 0.05) is 33.9 Å². The summed E-state index contributed by atoms with van der Waals surface area (Å²) >= 11 is 8.83. The monoisotopic (exact) mass is 578 g/mol. The van der Waals surface area contributed by atoms with Gasteiger partial charge in [0.1, 0.15) is 16.4 Å². The number of hydrogen-bond donors (Lipinski definition) is 0. The molecule has 0 saturated heterocycles. The lowest BCUT2D eigenvalue weighted by Gasteiger charge is -2.23. The third-order valence-corrected chi connectivity index (χ3v) is 9.72. The molecule has 37 heavy (non-hydrogen) atoms. The Kier molecular flexibility index (Phi) is 8.96. The average Bonchev–Trinajstić information content (AvgIpc) is 3.44. The van der Waals surface area contributed by atoms with Crippen molar-refractivity contribution in [3.8, 4) is 11.5 Å². The Labute approximate surface area is 229 Å². The molecular formula is C26H24ClFN2O4S3. The van der Waals surface area contributed by atoms with Gasteiger partial charge < -0.3 is 9.47 Å². The number of anilines is 1. The van der Waals surface area contributed by atoms with Crippen molar-refractivity contribution in [2.45, 2.75) is 22.8 Å². The van der Waals surface area contributed by atoms with Gasteiger partial charge in [-0.3, -0.25) is 0 Å². The van der Waals surface area contributed by atoms with E-state index in [1.54, 1.807) is 29.6 Å². The van der Waals surface area contributed by atoms with E-state index in [0.717, 1.165) is 27.6 Å². The van der Waals surface area contributed by atoms with Crippen molar-refractivity contribution >= 4 is 49.9 Å². The Morgan fingerprint density at radius 1 is 1.08 bits per heavy atom. The normalized spacial score (nSPS) is 11.4. The van der Waals surface area contributed by atoms with Gasteiger partial charge in [0.25, 0.3) is 10.0 Å². The smallest absolute Gasteiger partial charge is 0.269 e. The molecule has 0 unspecified atom stereocenters. The number of halogens is 2. The molecular weight excluding hydrogens is 555 g/mol. The van der Waals surface area contributed by atoms with Gasteiger partial charge in [-0.2, -0.15) is 0 Å². The maximum absolute atomic E-state index is 15.5. The van der Waals surface area contributed by atoms with Crippen LogP contribution in [-0.4, -0.2) is 33.4 Å². The molecule has 4 rings (SSSR count). The largest absolute Gasteiger partial charge is 0.497 e. The molecule has 0 spiro atoms. The van der Waals surface area contributed by atoms with Crippen LogP contribution in [0.3, 0.4) is 0 Å². The van der Waals surface area contributed by atoms with Crippen molar-refractivity contribution in [3.05, 3.63) is 94.2 Å². The summed E-state index contributed by atoms with van der Waals surface area (Å²) in [5, 5.41) is 1.62. The number of thiazole rings is 1. The fourth-order valence-electron chi connectivity index (χ4n) is 3.60. The summed E-state index contributed by atoms with van der Waals surface area (Å²) in [5.74, 6) is 0.662. The molecule has 11 heteroatoms. The van der Waals surface area contributed by atoms with Crippen LogP contribution in [0, 0.1) is 5.82 Å². The Morgan fingerprint density at radius 2 is 1.86 bits per heavy atom. The first kappa shape index (κ1) is 27.3. The predicted octanol–water partition coefficient (Wildman–Crippen LogP) is 6.68. The lowest BCUT2D eigenvalue weighted by atomic mass is 10.2. The van der Waals surface area contributed by atoms with Gasteiger partial charge in [-0.25, -0.2) is 22.1 Å². The SMILES string of the molecule is COc1ccc(CN(c2nccs2)S(=O)(=O)c2ccc(SCCc3ccccc3)c(Cl)c2F)c(OC)c1. The van der Waals surface area contributed by atoms with Crippen molar-refractivity contribution in [1.29, 1.82) is 0 Å². The third kappa shape index (κ3) is 6.20. The van der Waals surface area contributed by atoms with E-state index >= 15 is 4.39 Å².